The summed E-state index contributed by atoms with van der Waals surface area (Å²) in [6.07, 6.45) is -1.33. The van der Waals surface area contributed by atoms with E-state index >= 15 is 0 Å². The highest BCUT2D eigenvalue weighted by Crippen LogP contribution is 1.34. The van der Waals surface area contributed by atoms with Gasteiger partial charge in [-0.05, 0) is 14.1 Å². The molecule has 0 radical (unpaired) electrons. The number of nitrogens with two attached hydrogens (primary N) is 1. The Morgan fingerprint density at radius 1 is 1.71 bits per heavy atom. The Hall–Kier alpha value is -0.770. The van der Waals surface area contributed by atoms with Crippen LogP contribution in [-0.2, 0) is 0 Å². The van der Waals surface area contributed by atoms with E-state index in [0.717, 1.165) is 0 Å². The van der Waals surface area contributed by atoms with Crippen molar-refractivity contribution in [2.75, 3.05) is 14.1 Å². The van der Waals surface area contributed by atoms with Crippen LogP contribution in [0.5, 0.6) is 0 Å². The van der Waals surface area contributed by atoms with Crippen molar-refractivity contribution in [3.8, 4) is 0 Å². The predicted octanol–water partition coefficient (Wildman–Crippen LogP) is -0.541. The summed E-state index contributed by atoms with van der Waals surface area (Å²) in [5.41, 5.74) is 4.03. The number of amides is 1. The van der Waals surface area contributed by atoms with Crippen LogP contribution in [0.2, 0.25) is 0 Å². The normalized spacial score (nSPS) is 6.00. The minimum Gasteiger partial charge on any atom is -0.465 e. The van der Waals surface area contributed by atoms with E-state index in [1.807, 2.05) is 14.1 Å². The second kappa shape index (κ2) is 8.97. The highest BCUT2D eigenvalue weighted by molar-refractivity contribution is 5.61. The highest BCUT2D eigenvalue weighted by Gasteiger charge is 1.65. The lowest BCUT2D eigenvalue weighted by atomic mass is 11.3. The molecule has 0 heterocycles. The SMILES string of the molecule is CNC.NC(=O)O. The molecule has 0 aliphatic carbocycles. The van der Waals surface area contributed by atoms with Gasteiger partial charge in [0.05, 0.1) is 0 Å². The van der Waals surface area contributed by atoms with Crippen molar-refractivity contribution in [2.45, 2.75) is 0 Å². The van der Waals surface area contributed by atoms with E-state index in [1.54, 1.807) is 0 Å². The van der Waals surface area contributed by atoms with Crippen LogP contribution in [0.15, 0.2) is 0 Å². The van der Waals surface area contributed by atoms with Crippen molar-refractivity contribution < 1.29 is 9.90 Å². The zero-order valence-electron chi connectivity index (χ0n) is 4.43. The summed E-state index contributed by atoms with van der Waals surface area (Å²) in [6.45, 7) is 0. The van der Waals surface area contributed by atoms with Gasteiger partial charge in [-0.15, -0.1) is 0 Å². The Balaban J connectivity index is 0. The molecule has 0 atom stereocenters. The molecule has 0 unspecified atom stereocenters. The molecule has 0 rings (SSSR count). The van der Waals surface area contributed by atoms with Gasteiger partial charge in [0.25, 0.3) is 0 Å². The molecule has 1 amide bonds. The standard InChI is InChI=1S/C2H7N.CH3NO2/c1-3-2;2-1(3)4/h3H,1-2H3;2H2,(H,3,4). The number of rotatable bonds is 0. The second-order valence-electron chi connectivity index (χ2n) is 0.838. The molecule has 4 nitrogen and oxygen atoms in total. The van der Waals surface area contributed by atoms with Crippen molar-refractivity contribution in [3.63, 3.8) is 0 Å². The van der Waals surface area contributed by atoms with Crippen LogP contribution in [0, 0.1) is 0 Å². The lowest BCUT2D eigenvalue weighted by Gasteiger charge is -1.61. The maximum Gasteiger partial charge on any atom is 0.402 e. The first kappa shape index (κ1) is 9.52. The van der Waals surface area contributed by atoms with Crippen LogP contribution in [0.3, 0.4) is 0 Å². The molecule has 0 fully saturated rings. The minimum atomic E-state index is -1.33. The number of carboxylic acid groups (broad SMARTS) is 1. The van der Waals surface area contributed by atoms with Crippen LogP contribution < -0.4 is 11.1 Å². The molecule has 0 bridgehead atoms. The molecule has 44 valence electrons. The maximum absolute atomic E-state index is 8.78. The average molecular weight is 106 g/mol. The topological polar surface area (TPSA) is 75.3 Å². The van der Waals surface area contributed by atoms with Crippen molar-refractivity contribution in [1.82, 2.24) is 5.32 Å². The Kier molecular flexibility index (Phi) is 12.2. The quantitative estimate of drug-likeness (QED) is 0.388. The predicted molar refractivity (Wildman–Crippen MR) is 27.2 cm³/mol. The fourth-order valence-corrected chi connectivity index (χ4v) is 0. The number of primary amides is 1. The largest absolute Gasteiger partial charge is 0.465 e. The molecule has 4 N–H and O–H groups in total. The minimum absolute atomic E-state index is 1.33. The molecule has 0 saturated carbocycles. The number of carbonyl (C=O) groups is 1. The summed E-state index contributed by atoms with van der Waals surface area (Å²) in [7, 11) is 3.75. The Bertz CT molecular complexity index is 42.2. The molecule has 0 aliphatic rings. The molecule has 0 aromatic carbocycles. The van der Waals surface area contributed by atoms with E-state index in [0.29, 0.717) is 0 Å². The molecule has 0 spiro atoms. The van der Waals surface area contributed by atoms with Crippen LogP contribution in [0.4, 0.5) is 4.79 Å². The number of hydrogen-bond acceptors (Lipinski definition) is 2. The summed E-state index contributed by atoms with van der Waals surface area (Å²) >= 11 is 0. The third-order valence-electron chi connectivity index (χ3n) is 0. The molecule has 7 heavy (non-hydrogen) atoms. The molecule has 0 aromatic rings. The monoisotopic (exact) mass is 106 g/mol. The van der Waals surface area contributed by atoms with Crippen molar-refractivity contribution in [1.29, 1.82) is 0 Å². The van der Waals surface area contributed by atoms with Gasteiger partial charge in [0.15, 0.2) is 0 Å². The van der Waals surface area contributed by atoms with Gasteiger partial charge in [-0.3, -0.25) is 0 Å². The molecular weight excluding hydrogens is 96.0 g/mol. The van der Waals surface area contributed by atoms with Crippen LogP contribution in [0.25, 0.3) is 0 Å². The van der Waals surface area contributed by atoms with Gasteiger partial charge in [-0.1, -0.05) is 0 Å². The highest BCUT2D eigenvalue weighted by atomic mass is 16.4. The molecule has 0 aromatic heterocycles. The van der Waals surface area contributed by atoms with Gasteiger partial charge in [0, 0.05) is 0 Å². The first-order valence-electron chi connectivity index (χ1n) is 1.72. The molecule has 4 heteroatoms. The van der Waals surface area contributed by atoms with E-state index in [1.165, 1.54) is 0 Å². The lowest BCUT2D eigenvalue weighted by molar-refractivity contribution is 0.205. The van der Waals surface area contributed by atoms with E-state index in [9.17, 15) is 0 Å². The third kappa shape index (κ3) is 92.0. The van der Waals surface area contributed by atoms with Crippen molar-refractivity contribution in [3.05, 3.63) is 0 Å². The smallest absolute Gasteiger partial charge is 0.402 e. The van der Waals surface area contributed by atoms with Gasteiger partial charge in [0.1, 0.15) is 0 Å². The van der Waals surface area contributed by atoms with Gasteiger partial charge in [-0.2, -0.15) is 0 Å². The van der Waals surface area contributed by atoms with E-state index < -0.39 is 6.09 Å². The fourth-order valence-electron chi connectivity index (χ4n) is 0. The molecular formula is C3H10N2O2. The number of nitrogens with one attached hydrogen (secondary N) is 1. The summed E-state index contributed by atoms with van der Waals surface area (Å²) in [5.74, 6) is 0. The van der Waals surface area contributed by atoms with Crippen LogP contribution >= 0.6 is 0 Å². The maximum atomic E-state index is 8.78. The van der Waals surface area contributed by atoms with E-state index in [2.05, 4.69) is 11.1 Å². The van der Waals surface area contributed by atoms with Crippen LogP contribution in [0.1, 0.15) is 0 Å². The van der Waals surface area contributed by atoms with Gasteiger partial charge >= 0.3 is 6.09 Å². The van der Waals surface area contributed by atoms with Crippen molar-refractivity contribution in [2.24, 2.45) is 5.73 Å². The zero-order valence-corrected chi connectivity index (χ0v) is 4.43. The Morgan fingerprint density at radius 3 is 1.71 bits per heavy atom. The van der Waals surface area contributed by atoms with Crippen molar-refractivity contribution >= 4 is 6.09 Å². The van der Waals surface area contributed by atoms with Gasteiger partial charge in [0.2, 0.25) is 0 Å². The first-order valence-corrected chi connectivity index (χ1v) is 1.72. The number of hydrogen-bond donors (Lipinski definition) is 3. The summed E-state index contributed by atoms with van der Waals surface area (Å²) in [4.78, 5) is 8.78. The van der Waals surface area contributed by atoms with E-state index in [4.69, 9.17) is 9.90 Å². The fraction of sp³-hybridized carbons (Fsp3) is 0.667. The molecule has 0 aliphatic heterocycles. The average Bonchev–Trinajstić information content (AvgIpc) is 1.33. The Labute approximate surface area is 42.3 Å². The zero-order chi connectivity index (χ0) is 6.28. The second-order valence-corrected chi connectivity index (χ2v) is 0.838. The van der Waals surface area contributed by atoms with Gasteiger partial charge in [-0.25, -0.2) is 4.79 Å². The summed E-state index contributed by atoms with van der Waals surface area (Å²) in [6, 6.07) is 0. The van der Waals surface area contributed by atoms with Gasteiger partial charge < -0.3 is 16.2 Å². The first-order chi connectivity index (χ1) is 3.15. The van der Waals surface area contributed by atoms with E-state index in [-0.39, 0.29) is 0 Å². The summed E-state index contributed by atoms with van der Waals surface area (Å²) < 4.78 is 0. The third-order valence-corrected chi connectivity index (χ3v) is 0. The summed E-state index contributed by atoms with van der Waals surface area (Å²) in [5, 5.41) is 9.94. The van der Waals surface area contributed by atoms with Crippen LogP contribution in [-0.4, -0.2) is 25.3 Å². The molecule has 0 saturated heterocycles. The Morgan fingerprint density at radius 2 is 1.71 bits per heavy atom. The lowest BCUT2D eigenvalue weighted by Crippen LogP contribution is -2.03.